The number of allylic oxidation sites excluding steroid dienone is 1. The van der Waals surface area contributed by atoms with Crippen molar-refractivity contribution in [1.82, 2.24) is 14.7 Å². The molecule has 2 unspecified atom stereocenters. The largest absolute Gasteiger partial charge is 0.309 e. The van der Waals surface area contributed by atoms with Crippen molar-refractivity contribution >= 4 is 49.4 Å². The van der Waals surface area contributed by atoms with Crippen LogP contribution in [-0.4, -0.2) is 45.8 Å². The maximum absolute atomic E-state index is 14.9. The van der Waals surface area contributed by atoms with Gasteiger partial charge in [-0.15, -0.1) is 0 Å². The Hall–Kier alpha value is -2.41. The van der Waals surface area contributed by atoms with Gasteiger partial charge < -0.3 is 4.90 Å². The average molecular weight is 603 g/mol. The van der Waals surface area contributed by atoms with E-state index >= 15 is 0 Å². The minimum atomic E-state index is -1.69. The molecule has 4 rings (SSSR count). The molecule has 2 atom stereocenters. The monoisotopic (exact) mass is 602 g/mol. The first-order valence-electron chi connectivity index (χ1n) is 14.3. The summed E-state index contributed by atoms with van der Waals surface area (Å²) in [5.74, 6) is 0. The second kappa shape index (κ2) is 15.7. The topological polar surface area (TPSA) is 50.5 Å². The lowest BCUT2D eigenvalue weighted by molar-refractivity contribution is 0.220. The van der Waals surface area contributed by atoms with Gasteiger partial charge in [0, 0.05) is 22.7 Å². The molecule has 1 amide bonds. The number of hydrogen-bond donors (Lipinski definition) is 0. The van der Waals surface area contributed by atoms with E-state index in [1.165, 1.54) is 46.8 Å². The highest BCUT2D eigenvalue weighted by atomic mass is 32.2. The van der Waals surface area contributed by atoms with Gasteiger partial charge in [-0.05, 0) is 105 Å². The Balaban J connectivity index is 0.000000509. The number of aromatic nitrogens is 2. The summed E-state index contributed by atoms with van der Waals surface area (Å²) in [6, 6.07) is 10.9. The first kappa shape index (κ1) is 34.8. The highest BCUT2D eigenvalue weighted by molar-refractivity contribution is 8.18. The van der Waals surface area contributed by atoms with Crippen molar-refractivity contribution in [3.8, 4) is 0 Å². The van der Waals surface area contributed by atoms with Crippen LogP contribution in [0, 0.1) is 0 Å². The van der Waals surface area contributed by atoms with Crippen LogP contribution in [0.3, 0.4) is 0 Å². The minimum absolute atomic E-state index is 0.216. The maximum atomic E-state index is 14.9. The summed E-state index contributed by atoms with van der Waals surface area (Å²) in [5.41, 5.74) is 1.79. The van der Waals surface area contributed by atoms with E-state index in [1.54, 1.807) is 29.1 Å². The molecule has 0 saturated heterocycles. The van der Waals surface area contributed by atoms with Crippen molar-refractivity contribution in [2.24, 2.45) is 4.99 Å². The molecule has 0 radical (unpaired) electrons. The fraction of sp³-hybridized carbons (Fsp3) is 0.469. The number of nitrogens with zero attached hydrogens (tertiary/aromatic N) is 4. The Bertz CT molecular complexity index is 1350. The van der Waals surface area contributed by atoms with Crippen molar-refractivity contribution in [2.45, 2.75) is 79.4 Å². The second-order valence-electron chi connectivity index (χ2n) is 10.3. The number of carbonyl (C=O) groups excluding carboxylic acids is 1. The Kier molecular flexibility index (Phi) is 13.3. The van der Waals surface area contributed by atoms with Crippen molar-refractivity contribution in [1.29, 1.82) is 0 Å². The third kappa shape index (κ3) is 10.4. The van der Waals surface area contributed by atoms with Gasteiger partial charge in [0.15, 0.2) is 0 Å². The summed E-state index contributed by atoms with van der Waals surface area (Å²) in [7, 11) is 2.19. The van der Waals surface area contributed by atoms with Crippen LogP contribution in [0.5, 0.6) is 0 Å². The zero-order chi connectivity index (χ0) is 30.8. The van der Waals surface area contributed by atoms with E-state index in [9.17, 15) is 13.6 Å². The SMILES string of the molecule is CC.CC(C)(F)c1ccc(Cn2cc3cc(/C=C4/C=NC(=O)S4)ccc3n2)c(C(C)(F)P)c1.CCCN(CC)CC. The van der Waals surface area contributed by atoms with Crippen LogP contribution in [-0.2, 0) is 17.6 Å². The van der Waals surface area contributed by atoms with E-state index in [1.807, 2.05) is 44.3 Å². The number of alkyl halides is 2. The highest BCUT2D eigenvalue weighted by Crippen LogP contribution is 2.38. The quantitative estimate of drug-likeness (QED) is 0.229. The zero-order valence-corrected chi connectivity index (χ0v) is 27.6. The van der Waals surface area contributed by atoms with Gasteiger partial charge in [0.1, 0.15) is 11.1 Å². The summed E-state index contributed by atoms with van der Waals surface area (Å²) in [5, 5.41) is 3.61. The molecule has 2 aromatic carbocycles. The zero-order valence-electron chi connectivity index (χ0n) is 25.7. The summed E-state index contributed by atoms with van der Waals surface area (Å²) in [6.07, 6.45) is 6.63. The number of thioether (sulfide) groups is 1. The first-order chi connectivity index (χ1) is 19.3. The molecule has 0 bridgehead atoms. The number of carbonyl (C=O) groups is 1. The number of aliphatic imine (C=N–C) groups is 1. The van der Waals surface area contributed by atoms with Crippen LogP contribution < -0.4 is 0 Å². The molecule has 0 aliphatic carbocycles. The van der Waals surface area contributed by atoms with E-state index in [-0.39, 0.29) is 5.24 Å². The maximum Gasteiger partial charge on any atom is 0.309 e. The molecule has 1 aromatic heterocycles. The summed E-state index contributed by atoms with van der Waals surface area (Å²) in [6.45, 7) is 19.0. The molecule has 0 N–H and O–H groups in total. The lowest BCUT2D eigenvalue weighted by Crippen LogP contribution is -2.23. The van der Waals surface area contributed by atoms with Gasteiger partial charge in [-0.25, -0.2) is 13.8 Å². The van der Waals surface area contributed by atoms with Crippen LogP contribution in [0.1, 0.15) is 84.1 Å². The predicted molar refractivity (Wildman–Crippen MR) is 176 cm³/mol. The minimum Gasteiger partial charge on any atom is -0.304 e. The summed E-state index contributed by atoms with van der Waals surface area (Å²) in [4.78, 5) is 18.2. The molecule has 1 aliphatic rings. The Morgan fingerprint density at radius 2 is 1.73 bits per heavy atom. The smallest absolute Gasteiger partial charge is 0.304 e. The lowest BCUT2D eigenvalue weighted by Gasteiger charge is -2.23. The average Bonchev–Trinajstić information content (AvgIpc) is 3.52. The normalized spacial score (nSPS) is 15.5. The fourth-order valence-corrected chi connectivity index (χ4v) is 5.21. The van der Waals surface area contributed by atoms with Crippen LogP contribution in [0.2, 0.25) is 0 Å². The van der Waals surface area contributed by atoms with Crippen molar-refractivity contribution in [3.05, 3.63) is 69.8 Å². The molecule has 2 heterocycles. The number of hydrogen-bond acceptors (Lipinski definition) is 4. The molecule has 5 nitrogen and oxygen atoms in total. The number of benzene rings is 2. The van der Waals surface area contributed by atoms with Crippen LogP contribution in [0.25, 0.3) is 17.0 Å². The van der Waals surface area contributed by atoms with E-state index in [2.05, 4.69) is 45.0 Å². The molecule has 224 valence electrons. The van der Waals surface area contributed by atoms with Gasteiger partial charge in [-0.2, -0.15) is 5.10 Å². The van der Waals surface area contributed by atoms with Gasteiger partial charge in [-0.1, -0.05) is 62.1 Å². The Morgan fingerprint density at radius 1 is 1.05 bits per heavy atom. The molecule has 0 fully saturated rings. The third-order valence-corrected chi connectivity index (χ3v) is 7.53. The molecule has 3 aromatic rings. The van der Waals surface area contributed by atoms with E-state index in [0.29, 0.717) is 17.7 Å². The van der Waals surface area contributed by atoms with E-state index < -0.39 is 11.1 Å². The predicted octanol–water partition coefficient (Wildman–Crippen LogP) is 9.35. The van der Waals surface area contributed by atoms with Crippen LogP contribution in [0.15, 0.2) is 52.5 Å². The lowest BCUT2D eigenvalue weighted by atomic mass is 9.93. The molecule has 1 aliphatic heterocycles. The van der Waals surface area contributed by atoms with E-state index in [0.717, 1.165) is 38.7 Å². The molecule has 0 spiro atoms. The summed E-state index contributed by atoms with van der Waals surface area (Å²) >= 11 is 1.09. The van der Waals surface area contributed by atoms with Gasteiger partial charge >= 0.3 is 5.24 Å². The molecule has 9 heteroatoms. The van der Waals surface area contributed by atoms with Gasteiger partial charge in [0.25, 0.3) is 0 Å². The second-order valence-corrected chi connectivity index (χ2v) is 12.4. The van der Waals surface area contributed by atoms with Crippen molar-refractivity contribution < 1.29 is 13.6 Å². The number of amides is 1. The summed E-state index contributed by atoms with van der Waals surface area (Å²) < 4.78 is 31.1. The molecular weight excluding hydrogens is 557 g/mol. The third-order valence-electron chi connectivity index (χ3n) is 6.48. The van der Waals surface area contributed by atoms with Crippen LogP contribution in [0.4, 0.5) is 13.6 Å². The van der Waals surface area contributed by atoms with Crippen LogP contribution >= 0.6 is 21.0 Å². The Morgan fingerprint density at radius 3 is 2.24 bits per heavy atom. The van der Waals surface area contributed by atoms with Gasteiger partial charge in [0.05, 0.1) is 12.1 Å². The number of fused-ring (bicyclic) bond motifs is 1. The van der Waals surface area contributed by atoms with Gasteiger partial charge in [0.2, 0.25) is 0 Å². The van der Waals surface area contributed by atoms with Gasteiger partial charge in [-0.3, -0.25) is 9.48 Å². The standard InChI is InChI=1S/C23H22F2N3OPS.C7H17N.C2H6/c1-22(2,24)17-6-5-15(19(10-17)23(3,25)30)12-28-13-16-8-14(4-7-20(16)27-28)9-18-11-26-21(29)31-18;1-4-7-8(5-2)6-3;1-2/h4-11,13H,12,30H2,1-3H3;4-7H2,1-3H3;1-2H3/b18-9-;;. The first-order valence-corrected chi connectivity index (χ1v) is 15.7. The molecular formula is C32H45F2N4OPS. The molecule has 41 heavy (non-hydrogen) atoms. The number of rotatable bonds is 9. The highest BCUT2D eigenvalue weighted by Gasteiger charge is 2.27. The fourth-order valence-electron chi connectivity index (χ4n) is 4.34. The van der Waals surface area contributed by atoms with Crippen molar-refractivity contribution in [2.75, 3.05) is 19.6 Å². The van der Waals surface area contributed by atoms with E-state index in [4.69, 9.17) is 0 Å². The number of halogens is 2. The molecule has 0 saturated carbocycles. The Labute approximate surface area is 251 Å². The van der Waals surface area contributed by atoms with Crippen molar-refractivity contribution in [3.63, 3.8) is 0 Å².